The molecule has 0 saturated heterocycles. The third-order valence-corrected chi connectivity index (χ3v) is 4.30. The summed E-state index contributed by atoms with van der Waals surface area (Å²) in [4.78, 5) is 14.5. The Morgan fingerprint density at radius 1 is 1.10 bits per heavy atom. The molecule has 0 aromatic rings. The second kappa shape index (κ2) is 6.79. The van der Waals surface area contributed by atoms with Crippen LogP contribution < -0.4 is 0 Å². The molecule has 0 aliphatic carbocycles. The van der Waals surface area contributed by atoms with Crippen molar-refractivity contribution in [3.63, 3.8) is 0 Å². The van der Waals surface area contributed by atoms with E-state index in [-0.39, 0.29) is 17.9 Å². The first kappa shape index (κ1) is 19.2. The number of rotatable bonds is 6. The molecule has 0 rings (SSSR count). The van der Waals surface area contributed by atoms with Crippen molar-refractivity contribution < 1.29 is 14.0 Å². The van der Waals surface area contributed by atoms with Crippen LogP contribution in [0.4, 0.5) is 4.79 Å². The highest BCUT2D eigenvalue weighted by Gasteiger charge is 2.43. The first-order valence-corrected chi connectivity index (χ1v) is 7.60. The summed E-state index contributed by atoms with van der Waals surface area (Å²) in [5.41, 5.74) is -0.321. The van der Waals surface area contributed by atoms with Crippen LogP contribution in [0.5, 0.6) is 0 Å². The molecule has 0 fully saturated rings. The summed E-state index contributed by atoms with van der Waals surface area (Å²) < 4.78 is 6.30. The lowest BCUT2D eigenvalue weighted by Crippen LogP contribution is -2.65. The van der Waals surface area contributed by atoms with Gasteiger partial charge >= 0.3 is 6.09 Å². The van der Waals surface area contributed by atoms with E-state index in [2.05, 4.69) is 62.7 Å². The molecular formula is C16H35N2O2+. The highest BCUT2D eigenvalue weighted by molar-refractivity contribution is 5.68. The molecule has 0 saturated carbocycles. The number of hydrogen-bond acceptors (Lipinski definition) is 2. The van der Waals surface area contributed by atoms with Crippen LogP contribution in [-0.2, 0) is 4.74 Å². The summed E-state index contributed by atoms with van der Waals surface area (Å²) in [6.45, 7) is 15.2. The van der Waals surface area contributed by atoms with Crippen LogP contribution in [0.15, 0.2) is 0 Å². The molecule has 0 radical (unpaired) electrons. The SMILES string of the molecule is CC(C)CN(C(=O)OC(C)C(C)C)C(C)(C)[N+](C)(C)C. The predicted octanol–water partition coefficient (Wildman–Crippen LogP) is 3.57. The molecule has 1 atom stereocenters. The third-order valence-electron chi connectivity index (χ3n) is 4.30. The molecule has 0 aliphatic rings. The molecule has 1 amide bonds. The van der Waals surface area contributed by atoms with Crippen molar-refractivity contribution in [1.82, 2.24) is 4.90 Å². The molecule has 0 aromatic carbocycles. The Balaban J connectivity index is 5.21. The minimum absolute atomic E-state index is 0.0690. The number of nitrogens with zero attached hydrogens (tertiary/aromatic N) is 2. The maximum Gasteiger partial charge on any atom is 0.414 e. The molecular weight excluding hydrogens is 252 g/mol. The second-order valence-corrected chi connectivity index (χ2v) is 7.84. The van der Waals surface area contributed by atoms with E-state index in [0.717, 1.165) is 0 Å². The van der Waals surface area contributed by atoms with Gasteiger partial charge in [-0.05, 0) is 18.8 Å². The molecule has 1 unspecified atom stereocenters. The topological polar surface area (TPSA) is 29.5 Å². The van der Waals surface area contributed by atoms with Gasteiger partial charge in [-0.25, -0.2) is 4.79 Å². The maximum absolute atomic E-state index is 12.6. The van der Waals surface area contributed by atoms with Gasteiger partial charge in [0.05, 0.1) is 21.1 Å². The van der Waals surface area contributed by atoms with Gasteiger partial charge in [0.15, 0.2) is 5.66 Å². The Kier molecular flexibility index (Phi) is 6.53. The minimum Gasteiger partial charge on any atom is -0.446 e. The molecule has 120 valence electrons. The first-order chi connectivity index (χ1) is 8.80. The van der Waals surface area contributed by atoms with E-state index in [0.29, 0.717) is 22.9 Å². The average Bonchev–Trinajstić information content (AvgIpc) is 2.23. The number of quaternary nitrogens is 1. The average molecular weight is 287 g/mol. The summed E-state index contributed by atoms with van der Waals surface area (Å²) in [6, 6.07) is 0. The zero-order valence-electron chi connectivity index (χ0n) is 15.2. The maximum atomic E-state index is 12.6. The van der Waals surface area contributed by atoms with Gasteiger partial charge in [0.2, 0.25) is 0 Å². The lowest BCUT2D eigenvalue weighted by Gasteiger charge is -2.48. The van der Waals surface area contributed by atoms with Crippen molar-refractivity contribution in [3.05, 3.63) is 0 Å². The molecule has 0 N–H and O–H groups in total. The molecule has 0 heterocycles. The van der Waals surface area contributed by atoms with Crippen LogP contribution in [0.25, 0.3) is 0 Å². The second-order valence-electron chi connectivity index (χ2n) is 7.84. The molecule has 0 aliphatic heterocycles. The van der Waals surface area contributed by atoms with Gasteiger partial charge in [0, 0.05) is 20.4 Å². The Hall–Kier alpha value is -0.770. The van der Waals surface area contributed by atoms with Crippen LogP contribution in [-0.4, -0.2) is 54.9 Å². The number of carbonyl (C=O) groups excluding carboxylic acids is 1. The zero-order chi connectivity index (χ0) is 16.3. The lowest BCUT2D eigenvalue weighted by molar-refractivity contribution is -0.931. The van der Waals surface area contributed by atoms with Gasteiger partial charge < -0.3 is 9.22 Å². The third kappa shape index (κ3) is 4.97. The van der Waals surface area contributed by atoms with Crippen molar-refractivity contribution in [2.45, 2.75) is 60.2 Å². The first-order valence-electron chi connectivity index (χ1n) is 7.60. The van der Waals surface area contributed by atoms with Crippen LogP contribution >= 0.6 is 0 Å². The summed E-state index contributed by atoms with van der Waals surface area (Å²) in [6.07, 6.45) is -0.279. The fourth-order valence-electron chi connectivity index (χ4n) is 1.61. The monoisotopic (exact) mass is 287 g/mol. The van der Waals surface area contributed by atoms with Crippen molar-refractivity contribution in [1.29, 1.82) is 0 Å². The zero-order valence-corrected chi connectivity index (χ0v) is 15.2. The normalized spacial score (nSPS) is 14.6. The van der Waals surface area contributed by atoms with Gasteiger partial charge in [-0.2, -0.15) is 0 Å². The smallest absolute Gasteiger partial charge is 0.414 e. The van der Waals surface area contributed by atoms with Crippen LogP contribution in [0.3, 0.4) is 0 Å². The molecule has 0 spiro atoms. The van der Waals surface area contributed by atoms with Gasteiger partial charge in [-0.1, -0.05) is 27.7 Å². The Bertz CT molecular complexity index is 317. The number of ether oxygens (including phenoxy) is 1. The Morgan fingerprint density at radius 3 is 1.85 bits per heavy atom. The Morgan fingerprint density at radius 2 is 1.55 bits per heavy atom. The molecule has 0 aromatic heterocycles. The van der Waals surface area contributed by atoms with E-state index in [1.807, 2.05) is 11.8 Å². The minimum atomic E-state index is -0.321. The predicted molar refractivity (Wildman–Crippen MR) is 84.4 cm³/mol. The van der Waals surface area contributed by atoms with Crippen molar-refractivity contribution in [2.75, 3.05) is 27.7 Å². The highest BCUT2D eigenvalue weighted by Crippen LogP contribution is 2.25. The van der Waals surface area contributed by atoms with Gasteiger partial charge in [0.25, 0.3) is 0 Å². The van der Waals surface area contributed by atoms with Crippen molar-refractivity contribution in [3.8, 4) is 0 Å². The van der Waals surface area contributed by atoms with E-state index in [1.165, 1.54) is 0 Å². The van der Waals surface area contributed by atoms with Crippen molar-refractivity contribution >= 4 is 6.09 Å². The van der Waals surface area contributed by atoms with E-state index in [9.17, 15) is 4.79 Å². The lowest BCUT2D eigenvalue weighted by atomic mass is 10.1. The van der Waals surface area contributed by atoms with Crippen LogP contribution in [0, 0.1) is 11.8 Å². The fourth-order valence-corrected chi connectivity index (χ4v) is 1.61. The Labute approximate surface area is 125 Å². The van der Waals surface area contributed by atoms with E-state index in [1.54, 1.807) is 0 Å². The summed E-state index contributed by atoms with van der Waals surface area (Å²) in [5, 5.41) is 0. The molecule has 4 heteroatoms. The molecule has 20 heavy (non-hydrogen) atoms. The van der Waals surface area contributed by atoms with Gasteiger partial charge in [0.1, 0.15) is 6.10 Å². The van der Waals surface area contributed by atoms with Crippen LogP contribution in [0.1, 0.15) is 48.5 Å². The fraction of sp³-hybridized carbons (Fsp3) is 0.938. The van der Waals surface area contributed by atoms with Crippen LogP contribution in [0.2, 0.25) is 0 Å². The quantitative estimate of drug-likeness (QED) is 0.552. The molecule has 4 nitrogen and oxygen atoms in total. The van der Waals surface area contributed by atoms with E-state index in [4.69, 9.17) is 4.74 Å². The standard InChI is InChI=1S/C16H35N2O2/c1-12(2)11-17(16(6,7)18(8,9)10)15(19)20-14(5)13(3)4/h12-14H,11H2,1-10H3/q+1. The van der Waals surface area contributed by atoms with Gasteiger partial charge in [-0.15, -0.1) is 0 Å². The summed E-state index contributed by atoms with van der Waals surface area (Å²) in [7, 11) is 6.31. The number of carbonyl (C=O) groups is 1. The highest BCUT2D eigenvalue weighted by atomic mass is 16.6. The van der Waals surface area contributed by atoms with E-state index < -0.39 is 0 Å². The molecule has 0 bridgehead atoms. The summed E-state index contributed by atoms with van der Waals surface area (Å²) in [5.74, 6) is 0.731. The van der Waals surface area contributed by atoms with Crippen molar-refractivity contribution in [2.24, 2.45) is 11.8 Å². The summed E-state index contributed by atoms with van der Waals surface area (Å²) >= 11 is 0. The largest absolute Gasteiger partial charge is 0.446 e. The number of hydrogen-bond donors (Lipinski definition) is 0. The van der Waals surface area contributed by atoms with Gasteiger partial charge in [-0.3, -0.25) is 4.90 Å². The number of amides is 1. The van der Waals surface area contributed by atoms with E-state index >= 15 is 0 Å².